The molecule has 0 aromatic heterocycles. The van der Waals surface area contributed by atoms with E-state index in [1.165, 1.54) is 12.1 Å². The van der Waals surface area contributed by atoms with E-state index in [2.05, 4.69) is 15.4 Å². The molecule has 2 amide bonds. The molecule has 0 fully saturated rings. The molecule has 8 heteroatoms. The lowest BCUT2D eigenvalue weighted by Gasteiger charge is -2.11. The monoisotopic (exact) mass is 366 g/mol. The molecule has 26 heavy (non-hydrogen) atoms. The molecule has 0 aliphatic heterocycles. The van der Waals surface area contributed by atoms with Gasteiger partial charge in [0.1, 0.15) is 5.75 Å². The molecule has 2 aromatic carbocycles. The standard InChI is InChI=1S/C18H17F3N2O3/c1-11(2)16(24)22-13-4-3-5-14(10-13)23-17(25)12-6-8-15(9-7-12)26-18(19,20)21/h3-11H,1-2H3,(H,22,24)(H,23,25). The number of benzene rings is 2. The molecule has 0 saturated heterocycles. The summed E-state index contributed by atoms with van der Waals surface area (Å²) in [6.45, 7) is 3.51. The van der Waals surface area contributed by atoms with Crippen LogP contribution in [-0.4, -0.2) is 18.2 Å². The molecule has 138 valence electrons. The summed E-state index contributed by atoms with van der Waals surface area (Å²) in [5.41, 5.74) is 1.12. The molecular weight excluding hydrogens is 349 g/mol. The Kier molecular flexibility index (Phi) is 5.86. The molecule has 0 saturated carbocycles. The van der Waals surface area contributed by atoms with Crippen LogP contribution in [-0.2, 0) is 4.79 Å². The van der Waals surface area contributed by atoms with Crippen LogP contribution < -0.4 is 15.4 Å². The number of amides is 2. The van der Waals surface area contributed by atoms with Crippen molar-refractivity contribution in [1.82, 2.24) is 0 Å². The van der Waals surface area contributed by atoms with Crippen molar-refractivity contribution < 1.29 is 27.5 Å². The first-order valence-corrected chi connectivity index (χ1v) is 7.72. The van der Waals surface area contributed by atoms with Crippen LogP contribution in [0.4, 0.5) is 24.5 Å². The first kappa shape index (κ1) is 19.3. The predicted octanol–water partition coefficient (Wildman–Crippen LogP) is 4.43. The SMILES string of the molecule is CC(C)C(=O)Nc1cccc(NC(=O)c2ccc(OC(F)(F)F)cc2)c1. The summed E-state index contributed by atoms with van der Waals surface area (Å²) in [4.78, 5) is 23.9. The van der Waals surface area contributed by atoms with Gasteiger partial charge in [-0.1, -0.05) is 19.9 Å². The highest BCUT2D eigenvalue weighted by molar-refractivity contribution is 6.04. The quantitative estimate of drug-likeness (QED) is 0.823. The Labute approximate surface area is 148 Å². The number of alkyl halides is 3. The molecule has 0 heterocycles. The van der Waals surface area contributed by atoms with Gasteiger partial charge in [-0.3, -0.25) is 9.59 Å². The second-order valence-electron chi connectivity index (χ2n) is 5.75. The number of carbonyl (C=O) groups excluding carboxylic acids is 2. The molecule has 0 aliphatic rings. The van der Waals surface area contributed by atoms with Crippen LogP contribution in [0.1, 0.15) is 24.2 Å². The van der Waals surface area contributed by atoms with Gasteiger partial charge >= 0.3 is 6.36 Å². The highest BCUT2D eigenvalue weighted by Crippen LogP contribution is 2.23. The fourth-order valence-electron chi connectivity index (χ4n) is 1.97. The van der Waals surface area contributed by atoms with Gasteiger partial charge in [0.15, 0.2) is 0 Å². The Balaban J connectivity index is 2.04. The van der Waals surface area contributed by atoms with Crippen LogP contribution in [0, 0.1) is 5.92 Å². The second kappa shape index (κ2) is 7.90. The van der Waals surface area contributed by atoms with Crippen molar-refractivity contribution in [3.05, 3.63) is 54.1 Å². The molecule has 2 aromatic rings. The number of halogens is 3. The zero-order valence-electron chi connectivity index (χ0n) is 14.1. The van der Waals surface area contributed by atoms with Gasteiger partial charge < -0.3 is 15.4 Å². The fraction of sp³-hybridized carbons (Fsp3) is 0.222. The zero-order valence-corrected chi connectivity index (χ0v) is 14.1. The first-order valence-electron chi connectivity index (χ1n) is 7.72. The van der Waals surface area contributed by atoms with Crippen LogP contribution in [0.2, 0.25) is 0 Å². The Bertz CT molecular complexity index is 787. The number of hydrogen-bond donors (Lipinski definition) is 2. The summed E-state index contributed by atoms with van der Waals surface area (Å²) in [6, 6.07) is 11.1. The maximum absolute atomic E-state index is 12.2. The van der Waals surface area contributed by atoms with Crippen LogP contribution in [0.25, 0.3) is 0 Å². The number of carbonyl (C=O) groups is 2. The number of ether oxygens (including phenoxy) is 1. The molecule has 0 radical (unpaired) electrons. The van der Waals surface area contributed by atoms with Crippen molar-refractivity contribution in [3.63, 3.8) is 0 Å². The number of hydrogen-bond acceptors (Lipinski definition) is 3. The minimum Gasteiger partial charge on any atom is -0.406 e. The molecule has 0 spiro atoms. The summed E-state index contributed by atoms with van der Waals surface area (Å²) in [5.74, 6) is -1.26. The highest BCUT2D eigenvalue weighted by atomic mass is 19.4. The van der Waals surface area contributed by atoms with E-state index in [1.807, 2.05) is 0 Å². The number of anilines is 2. The van der Waals surface area contributed by atoms with Gasteiger partial charge in [-0.05, 0) is 42.5 Å². The molecule has 5 nitrogen and oxygen atoms in total. The molecule has 2 N–H and O–H groups in total. The van der Waals surface area contributed by atoms with Crippen molar-refractivity contribution in [2.24, 2.45) is 5.92 Å². The van der Waals surface area contributed by atoms with Gasteiger partial charge in [0.05, 0.1) is 0 Å². The summed E-state index contributed by atoms with van der Waals surface area (Å²) in [7, 11) is 0. The van der Waals surface area contributed by atoms with Crippen molar-refractivity contribution in [2.45, 2.75) is 20.2 Å². The third-order valence-electron chi connectivity index (χ3n) is 3.26. The topological polar surface area (TPSA) is 67.4 Å². The lowest BCUT2D eigenvalue weighted by molar-refractivity contribution is -0.274. The van der Waals surface area contributed by atoms with E-state index >= 15 is 0 Å². The average molecular weight is 366 g/mol. The Morgan fingerprint density at radius 2 is 1.54 bits per heavy atom. The smallest absolute Gasteiger partial charge is 0.406 e. The third-order valence-corrected chi connectivity index (χ3v) is 3.26. The number of nitrogens with one attached hydrogen (secondary N) is 2. The molecule has 0 bridgehead atoms. The van der Waals surface area contributed by atoms with Gasteiger partial charge in [0.2, 0.25) is 5.91 Å². The molecule has 0 aliphatic carbocycles. The normalized spacial score (nSPS) is 11.2. The molecule has 0 unspecified atom stereocenters. The van der Waals surface area contributed by atoms with Crippen molar-refractivity contribution >= 4 is 23.2 Å². The van der Waals surface area contributed by atoms with Gasteiger partial charge in [0, 0.05) is 22.9 Å². The van der Waals surface area contributed by atoms with E-state index in [4.69, 9.17) is 0 Å². The van der Waals surface area contributed by atoms with Gasteiger partial charge in [-0.15, -0.1) is 13.2 Å². The first-order chi connectivity index (χ1) is 12.1. The van der Waals surface area contributed by atoms with E-state index in [1.54, 1.807) is 38.1 Å². The van der Waals surface area contributed by atoms with E-state index in [0.717, 1.165) is 12.1 Å². The third kappa shape index (κ3) is 5.80. The van der Waals surface area contributed by atoms with Crippen molar-refractivity contribution in [1.29, 1.82) is 0 Å². The second-order valence-corrected chi connectivity index (χ2v) is 5.75. The Morgan fingerprint density at radius 1 is 0.962 bits per heavy atom. The number of rotatable bonds is 5. The summed E-state index contributed by atoms with van der Waals surface area (Å²) >= 11 is 0. The molecule has 2 rings (SSSR count). The van der Waals surface area contributed by atoms with Crippen LogP contribution in [0.3, 0.4) is 0 Å². The van der Waals surface area contributed by atoms with Crippen LogP contribution in [0.5, 0.6) is 5.75 Å². The van der Waals surface area contributed by atoms with Gasteiger partial charge in [0.25, 0.3) is 5.91 Å². The van der Waals surface area contributed by atoms with Crippen molar-refractivity contribution in [2.75, 3.05) is 10.6 Å². The van der Waals surface area contributed by atoms with E-state index in [-0.39, 0.29) is 17.4 Å². The lowest BCUT2D eigenvalue weighted by Crippen LogP contribution is -2.18. The van der Waals surface area contributed by atoms with E-state index in [0.29, 0.717) is 11.4 Å². The maximum atomic E-state index is 12.2. The Morgan fingerprint density at radius 3 is 2.08 bits per heavy atom. The summed E-state index contributed by atoms with van der Waals surface area (Å²) in [6.07, 6.45) is -4.79. The van der Waals surface area contributed by atoms with Gasteiger partial charge in [-0.2, -0.15) is 0 Å². The zero-order chi connectivity index (χ0) is 19.3. The van der Waals surface area contributed by atoms with Crippen LogP contribution in [0.15, 0.2) is 48.5 Å². The maximum Gasteiger partial charge on any atom is 0.573 e. The Hall–Kier alpha value is -3.03. The highest BCUT2D eigenvalue weighted by Gasteiger charge is 2.31. The largest absolute Gasteiger partial charge is 0.573 e. The molecule has 0 atom stereocenters. The fourth-order valence-corrected chi connectivity index (χ4v) is 1.97. The minimum absolute atomic E-state index is 0.159. The van der Waals surface area contributed by atoms with Gasteiger partial charge in [-0.25, -0.2) is 0 Å². The summed E-state index contributed by atoms with van der Waals surface area (Å²) in [5, 5.41) is 5.33. The van der Waals surface area contributed by atoms with Crippen molar-refractivity contribution in [3.8, 4) is 5.75 Å². The molecular formula is C18H17F3N2O3. The minimum atomic E-state index is -4.79. The van der Waals surface area contributed by atoms with Crippen LogP contribution >= 0.6 is 0 Å². The lowest BCUT2D eigenvalue weighted by atomic mass is 10.2. The average Bonchev–Trinajstić information content (AvgIpc) is 2.54. The summed E-state index contributed by atoms with van der Waals surface area (Å²) < 4.78 is 40.2. The van der Waals surface area contributed by atoms with E-state index < -0.39 is 18.0 Å². The predicted molar refractivity (Wildman–Crippen MR) is 91.0 cm³/mol. The van der Waals surface area contributed by atoms with E-state index in [9.17, 15) is 22.8 Å².